The van der Waals surface area contributed by atoms with Gasteiger partial charge in [-0.3, -0.25) is 19.7 Å². The van der Waals surface area contributed by atoms with Gasteiger partial charge in [0.1, 0.15) is 11.4 Å². The zero-order valence-electron chi connectivity index (χ0n) is 15.4. The van der Waals surface area contributed by atoms with Crippen molar-refractivity contribution in [2.45, 2.75) is 13.8 Å². The van der Waals surface area contributed by atoms with Crippen LogP contribution in [-0.4, -0.2) is 30.5 Å². The first-order valence-electron chi connectivity index (χ1n) is 8.14. The maximum atomic E-state index is 14.1. The number of nitro groups is 1. The first-order chi connectivity index (χ1) is 13.3. The predicted molar refractivity (Wildman–Crippen MR) is 99.5 cm³/mol. The van der Waals surface area contributed by atoms with E-state index in [0.29, 0.717) is 0 Å². The molecule has 148 valence electrons. The Kier molecular flexibility index (Phi) is 6.48. The third-order valence-corrected chi connectivity index (χ3v) is 3.56. The SMILES string of the molecule is CCOc1cc(C(=O)Nc2cc(NC(C)=O)ccc2F)c([N+](=O)[O-])cc1OC. The molecule has 0 unspecified atom stereocenters. The third kappa shape index (κ3) is 4.72. The number of rotatable bonds is 7. The van der Waals surface area contributed by atoms with Gasteiger partial charge in [-0.2, -0.15) is 0 Å². The van der Waals surface area contributed by atoms with Gasteiger partial charge >= 0.3 is 0 Å². The molecular formula is C18H18FN3O6. The van der Waals surface area contributed by atoms with Crippen LogP contribution in [0.15, 0.2) is 30.3 Å². The van der Waals surface area contributed by atoms with E-state index in [9.17, 15) is 24.1 Å². The molecular weight excluding hydrogens is 373 g/mol. The fraction of sp³-hybridized carbons (Fsp3) is 0.222. The maximum absolute atomic E-state index is 14.1. The quantitative estimate of drug-likeness (QED) is 0.552. The monoisotopic (exact) mass is 391 g/mol. The van der Waals surface area contributed by atoms with Crippen LogP contribution >= 0.6 is 0 Å². The molecule has 0 saturated heterocycles. The topological polar surface area (TPSA) is 120 Å². The normalized spacial score (nSPS) is 10.1. The molecule has 0 saturated carbocycles. The van der Waals surface area contributed by atoms with Crippen LogP contribution in [0, 0.1) is 15.9 Å². The molecule has 2 N–H and O–H groups in total. The number of amides is 2. The number of nitro benzene ring substituents is 1. The summed E-state index contributed by atoms with van der Waals surface area (Å²) in [5.41, 5.74) is -0.863. The van der Waals surface area contributed by atoms with Gasteiger partial charge in [0.05, 0.1) is 30.4 Å². The lowest BCUT2D eigenvalue weighted by atomic mass is 10.1. The second-order valence-corrected chi connectivity index (χ2v) is 5.54. The lowest BCUT2D eigenvalue weighted by Crippen LogP contribution is -2.16. The zero-order chi connectivity index (χ0) is 20.8. The molecule has 0 bridgehead atoms. The second kappa shape index (κ2) is 8.80. The van der Waals surface area contributed by atoms with Crippen molar-refractivity contribution < 1.29 is 28.4 Å². The van der Waals surface area contributed by atoms with Gasteiger partial charge < -0.3 is 20.1 Å². The number of benzene rings is 2. The molecule has 0 radical (unpaired) electrons. The van der Waals surface area contributed by atoms with Crippen LogP contribution in [-0.2, 0) is 4.79 Å². The summed E-state index contributed by atoms with van der Waals surface area (Å²) < 4.78 is 24.4. The average Bonchev–Trinajstić information content (AvgIpc) is 2.63. The Morgan fingerprint density at radius 1 is 1.18 bits per heavy atom. The molecule has 2 aromatic rings. The van der Waals surface area contributed by atoms with Crippen molar-refractivity contribution in [3.63, 3.8) is 0 Å². The molecule has 0 aromatic heterocycles. The highest BCUT2D eigenvalue weighted by Crippen LogP contribution is 2.35. The molecule has 10 heteroatoms. The highest BCUT2D eigenvalue weighted by Gasteiger charge is 2.25. The summed E-state index contributed by atoms with van der Waals surface area (Å²) >= 11 is 0. The Morgan fingerprint density at radius 2 is 1.89 bits per heavy atom. The molecule has 0 aliphatic carbocycles. The van der Waals surface area contributed by atoms with E-state index in [1.54, 1.807) is 6.92 Å². The lowest BCUT2D eigenvalue weighted by Gasteiger charge is -2.13. The van der Waals surface area contributed by atoms with E-state index in [1.807, 2.05) is 0 Å². The van der Waals surface area contributed by atoms with Crippen molar-refractivity contribution in [1.82, 2.24) is 0 Å². The zero-order valence-corrected chi connectivity index (χ0v) is 15.4. The number of carbonyl (C=O) groups is 2. The number of nitrogens with zero attached hydrogens (tertiary/aromatic N) is 1. The minimum atomic E-state index is -0.922. The van der Waals surface area contributed by atoms with Gasteiger partial charge in [0.25, 0.3) is 11.6 Å². The van der Waals surface area contributed by atoms with E-state index in [0.717, 1.165) is 18.2 Å². The Hall–Kier alpha value is -3.69. The van der Waals surface area contributed by atoms with Crippen LogP contribution in [0.3, 0.4) is 0 Å². The molecule has 28 heavy (non-hydrogen) atoms. The van der Waals surface area contributed by atoms with E-state index < -0.39 is 22.3 Å². The number of hydrogen-bond acceptors (Lipinski definition) is 6. The maximum Gasteiger partial charge on any atom is 0.286 e. The number of methoxy groups -OCH3 is 1. The molecule has 0 spiro atoms. The Balaban J connectivity index is 2.44. The summed E-state index contributed by atoms with van der Waals surface area (Å²) in [4.78, 5) is 34.4. The summed E-state index contributed by atoms with van der Waals surface area (Å²) in [7, 11) is 1.31. The minimum absolute atomic E-state index is 0.0870. The molecule has 0 heterocycles. The standard InChI is InChI=1S/C18H18FN3O6/c1-4-28-17-8-12(15(22(25)26)9-16(17)27-3)18(24)21-14-7-11(20-10(2)23)5-6-13(14)19/h5-9H,4H2,1-3H3,(H,20,23)(H,21,24). The highest BCUT2D eigenvalue weighted by atomic mass is 19.1. The fourth-order valence-electron chi connectivity index (χ4n) is 2.40. The van der Waals surface area contributed by atoms with Gasteiger partial charge in [-0.15, -0.1) is 0 Å². The van der Waals surface area contributed by atoms with Gasteiger partial charge in [0.15, 0.2) is 11.5 Å². The largest absolute Gasteiger partial charge is 0.493 e. The number of halogens is 1. The van der Waals surface area contributed by atoms with Crippen LogP contribution in [0.1, 0.15) is 24.2 Å². The molecule has 2 rings (SSSR count). The molecule has 0 fully saturated rings. The van der Waals surface area contributed by atoms with Gasteiger partial charge in [0.2, 0.25) is 5.91 Å². The summed E-state index contributed by atoms with van der Waals surface area (Å²) in [5.74, 6) is -1.86. The Labute approximate surface area is 159 Å². The van der Waals surface area contributed by atoms with Gasteiger partial charge in [0, 0.05) is 18.7 Å². The van der Waals surface area contributed by atoms with Crippen LogP contribution < -0.4 is 20.1 Å². The van der Waals surface area contributed by atoms with E-state index >= 15 is 0 Å². The number of nitrogens with one attached hydrogen (secondary N) is 2. The average molecular weight is 391 g/mol. The molecule has 0 aliphatic heterocycles. The molecule has 2 amide bonds. The number of hydrogen-bond donors (Lipinski definition) is 2. The Bertz CT molecular complexity index is 932. The van der Waals surface area contributed by atoms with Crippen LogP contribution in [0.2, 0.25) is 0 Å². The number of anilines is 2. The van der Waals surface area contributed by atoms with Crippen molar-refractivity contribution in [1.29, 1.82) is 0 Å². The van der Waals surface area contributed by atoms with Crippen molar-refractivity contribution in [2.24, 2.45) is 0 Å². The second-order valence-electron chi connectivity index (χ2n) is 5.54. The van der Waals surface area contributed by atoms with E-state index in [4.69, 9.17) is 9.47 Å². The van der Waals surface area contributed by atoms with Crippen molar-refractivity contribution >= 4 is 28.9 Å². The summed E-state index contributed by atoms with van der Waals surface area (Å²) in [6.07, 6.45) is 0. The van der Waals surface area contributed by atoms with Crippen molar-refractivity contribution in [3.05, 3.63) is 51.8 Å². The van der Waals surface area contributed by atoms with Crippen LogP contribution in [0.5, 0.6) is 11.5 Å². The van der Waals surface area contributed by atoms with Crippen LogP contribution in [0.25, 0.3) is 0 Å². The summed E-state index contributed by atoms with van der Waals surface area (Å²) in [5, 5.41) is 16.1. The summed E-state index contributed by atoms with van der Waals surface area (Å²) in [6.45, 7) is 3.21. The third-order valence-electron chi connectivity index (χ3n) is 3.56. The van der Waals surface area contributed by atoms with E-state index in [-0.39, 0.29) is 41.0 Å². The summed E-state index contributed by atoms with van der Waals surface area (Å²) in [6, 6.07) is 5.78. The fourth-order valence-corrected chi connectivity index (χ4v) is 2.40. The van der Waals surface area contributed by atoms with E-state index in [1.165, 1.54) is 26.2 Å². The van der Waals surface area contributed by atoms with Crippen molar-refractivity contribution in [3.8, 4) is 11.5 Å². The van der Waals surface area contributed by atoms with E-state index in [2.05, 4.69) is 10.6 Å². The first kappa shape index (κ1) is 20.6. The van der Waals surface area contributed by atoms with Gasteiger partial charge in [-0.05, 0) is 25.1 Å². The lowest BCUT2D eigenvalue weighted by molar-refractivity contribution is -0.385. The Morgan fingerprint density at radius 3 is 2.46 bits per heavy atom. The molecule has 0 atom stereocenters. The number of carbonyl (C=O) groups excluding carboxylic acids is 2. The van der Waals surface area contributed by atoms with Gasteiger partial charge in [-0.25, -0.2) is 4.39 Å². The molecule has 2 aromatic carbocycles. The van der Waals surface area contributed by atoms with Crippen molar-refractivity contribution in [2.75, 3.05) is 24.4 Å². The van der Waals surface area contributed by atoms with Crippen LogP contribution in [0.4, 0.5) is 21.5 Å². The predicted octanol–water partition coefficient (Wildman–Crippen LogP) is 3.35. The highest BCUT2D eigenvalue weighted by molar-refractivity contribution is 6.08. The minimum Gasteiger partial charge on any atom is -0.493 e. The van der Waals surface area contributed by atoms with Gasteiger partial charge in [-0.1, -0.05) is 0 Å². The number of ether oxygens (including phenoxy) is 2. The first-order valence-corrected chi connectivity index (χ1v) is 8.14. The smallest absolute Gasteiger partial charge is 0.286 e. The molecule has 0 aliphatic rings. The molecule has 9 nitrogen and oxygen atoms in total.